The summed E-state index contributed by atoms with van der Waals surface area (Å²) in [6.45, 7) is 6.25. The average molecular weight is 578 g/mol. The molecule has 1 heterocycles. The average Bonchev–Trinajstić information content (AvgIpc) is 2.93. The first kappa shape index (κ1) is 31.2. The van der Waals surface area contributed by atoms with Crippen molar-refractivity contribution in [3.05, 3.63) is 80.5 Å². The van der Waals surface area contributed by atoms with Gasteiger partial charge in [-0.15, -0.1) is 0 Å². The molecule has 1 aromatic heterocycles. The molecule has 4 amide bonds. The standard InChI is InChI=1S/C28H31N7O7/c1-15(2)25(34-23(36)13-30-35-29)27(39)31-17(4)26(38)32-19-7-5-18(6-8-19)14-41-28(40)33-20-9-10-21-16(3)11-24(37)42-22(21)12-20/h5-12,15,17,25H,13-14H2,1-4H3,(H,31,39)(H,32,38)(H,33,40)(H,34,36)/t17-,25-/m0/s1. The van der Waals surface area contributed by atoms with Crippen LogP contribution in [0.1, 0.15) is 31.9 Å². The lowest BCUT2D eigenvalue weighted by Crippen LogP contribution is -2.54. The van der Waals surface area contributed by atoms with Gasteiger partial charge in [0.05, 0.1) is 0 Å². The van der Waals surface area contributed by atoms with Crippen LogP contribution in [0.25, 0.3) is 21.4 Å². The number of aryl methyl sites for hydroxylation is 1. The summed E-state index contributed by atoms with van der Waals surface area (Å²) in [4.78, 5) is 63.5. The van der Waals surface area contributed by atoms with Crippen molar-refractivity contribution < 1.29 is 28.3 Å². The molecule has 220 valence electrons. The van der Waals surface area contributed by atoms with Crippen LogP contribution in [0.4, 0.5) is 16.2 Å². The minimum atomic E-state index is -0.927. The molecule has 14 nitrogen and oxygen atoms in total. The molecule has 0 aliphatic rings. The quantitative estimate of drug-likeness (QED) is 0.115. The molecule has 0 spiro atoms. The lowest BCUT2D eigenvalue weighted by molar-refractivity contribution is -0.131. The van der Waals surface area contributed by atoms with Crippen LogP contribution in [0, 0.1) is 12.8 Å². The number of amides is 4. The van der Waals surface area contributed by atoms with Crippen LogP contribution in [0.2, 0.25) is 0 Å². The molecule has 2 aromatic carbocycles. The molecule has 0 radical (unpaired) electrons. The van der Waals surface area contributed by atoms with Gasteiger partial charge in [-0.05, 0) is 60.7 Å². The second-order valence-corrected chi connectivity index (χ2v) is 9.76. The van der Waals surface area contributed by atoms with Gasteiger partial charge in [0.1, 0.15) is 30.8 Å². The third-order valence-corrected chi connectivity index (χ3v) is 6.08. The maximum absolute atomic E-state index is 12.7. The van der Waals surface area contributed by atoms with E-state index >= 15 is 0 Å². The molecule has 2 atom stereocenters. The number of hydrogen-bond donors (Lipinski definition) is 4. The number of nitrogens with one attached hydrogen (secondary N) is 4. The highest BCUT2D eigenvalue weighted by Crippen LogP contribution is 2.21. The van der Waals surface area contributed by atoms with Crippen LogP contribution in [-0.2, 0) is 25.7 Å². The number of rotatable bonds is 11. The molecule has 42 heavy (non-hydrogen) atoms. The van der Waals surface area contributed by atoms with Crippen molar-refractivity contribution in [3.63, 3.8) is 0 Å². The lowest BCUT2D eigenvalue weighted by Gasteiger charge is -2.23. The topological polar surface area (TPSA) is 205 Å². The predicted molar refractivity (Wildman–Crippen MR) is 154 cm³/mol. The molecule has 0 unspecified atom stereocenters. The monoisotopic (exact) mass is 577 g/mol. The van der Waals surface area contributed by atoms with Gasteiger partial charge < -0.3 is 25.1 Å². The van der Waals surface area contributed by atoms with Crippen LogP contribution in [0.5, 0.6) is 0 Å². The van der Waals surface area contributed by atoms with Gasteiger partial charge in [-0.2, -0.15) is 0 Å². The molecular formula is C28H31N7O7. The fourth-order valence-corrected chi connectivity index (χ4v) is 3.86. The molecule has 4 N–H and O–H groups in total. The highest BCUT2D eigenvalue weighted by Gasteiger charge is 2.26. The van der Waals surface area contributed by atoms with E-state index in [9.17, 15) is 24.0 Å². The summed E-state index contributed by atoms with van der Waals surface area (Å²) < 4.78 is 10.4. The third-order valence-electron chi connectivity index (χ3n) is 6.08. The van der Waals surface area contributed by atoms with Crippen LogP contribution in [-0.4, -0.2) is 42.4 Å². The zero-order valence-corrected chi connectivity index (χ0v) is 23.5. The van der Waals surface area contributed by atoms with Crippen molar-refractivity contribution in [2.45, 2.75) is 46.4 Å². The Hall–Kier alpha value is -5.36. The predicted octanol–water partition coefficient (Wildman–Crippen LogP) is 3.74. The summed E-state index contributed by atoms with van der Waals surface area (Å²) in [6.07, 6.45) is -0.708. The number of anilines is 2. The normalized spacial score (nSPS) is 12.0. The molecule has 3 aromatic rings. The Labute approximate surface area is 240 Å². The molecule has 0 fully saturated rings. The number of nitrogens with zero attached hydrogens (tertiary/aromatic N) is 3. The first-order valence-electron chi connectivity index (χ1n) is 13.0. The van der Waals surface area contributed by atoms with E-state index in [1.54, 1.807) is 57.2 Å². The Morgan fingerprint density at radius 2 is 1.64 bits per heavy atom. The third kappa shape index (κ3) is 8.83. The zero-order chi connectivity index (χ0) is 30.8. The molecule has 0 bridgehead atoms. The van der Waals surface area contributed by atoms with Gasteiger partial charge in [0.15, 0.2) is 0 Å². The SMILES string of the molecule is Cc1cc(=O)oc2cc(NC(=O)OCc3ccc(NC(=O)[C@H](C)NC(=O)[C@@H](NC(=O)CN=[N+]=[N-])C(C)C)cc3)ccc12. The van der Waals surface area contributed by atoms with Gasteiger partial charge in [-0.25, -0.2) is 9.59 Å². The van der Waals surface area contributed by atoms with Crippen molar-refractivity contribution in [2.75, 3.05) is 17.2 Å². The van der Waals surface area contributed by atoms with E-state index in [1.165, 1.54) is 19.1 Å². The number of azide groups is 1. The van der Waals surface area contributed by atoms with Crippen LogP contribution >= 0.6 is 0 Å². The van der Waals surface area contributed by atoms with Crippen molar-refractivity contribution in [1.29, 1.82) is 0 Å². The second kappa shape index (κ2) is 14.3. The van der Waals surface area contributed by atoms with E-state index in [-0.39, 0.29) is 12.5 Å². The molecule has 0 aliphatic heterocycles. The van der Waals surface area contributed by atoms with Crippen molar-refractivity contribution in [1.82, 2.24) is 10.6 Å². The molecule has 14 heteroatoms. The largest absolute Gasteiger partial charge is 0.444 e. The molecule has 3 rings (SSSR count). The second-order valence-electron chi connectivity index (χ2n) is 9.76. The minimum Gasteiger partial charge on any atom is -0.444 e. The first-order chi connectivity index (χ1) is 20.0. The Morgan fingerprint density at radius 1 is 0.952 bits per heavy atom. The summed E-state index contributed by atoms with van der Waals surface area (Å²) >= 11 is 0. The lowest BCUT2D eigenvalue weighted by atomic mass is 10.0. The van der Waals surface area contributed by atoms with Crippen molar-refractivity contribution >= 4 is 46.2 Å². The highest BCUT2D eigenvalue weighted by atomic mass is 16.5. The van der Waals surface area contributed by atoms with Crippen LogP contribution < -0.4 is 26.9 Å². The van der Waals surface area contributed by atoms with Gasteiger partial charge >= 0.3 is 11.7 Å². The van der Waals surface area contributed by atoms with Crippen molar-refractivity contribution in [2.24, 2.45) is 11.0 Å². The summed E-state index contributed by atoms with van der Waals surface area (Å²) in [6, 6.07) is 11.0. The van der Waals surface area contributed by atoms with Gasteiger partial charge in [0.25, 0.3) is 0 Å². The Bertz CT molecular complexity index is 1580. The number of fused-ring (bicyclic) bond motifs is 1. The van der Waals surface area contributed by atoms with E-state index in [4.69, 9.17) is 14.7 Å². The summed E-state index contributed by atoms with van der Waals surface area (Å²) in [5.41, 5.74) is 10.5. The van der Waals surface area contributed by atoms with Gasteiger partial charge in [-0.3, -0.25) is 19.7 Å². The van der Waals surface area contributed by atoms with Crippen LogP contribution in [0.3, 0.4) is 0 Å². The number of carbonyl (C=O) groups is 4. The van der Waals surface area contributed by atoms with E-state index in [0.717, 1.165) is 10.9 Å². The number of ether oxygens (including phenoxy) is 1. The number of carbonyl (C=O) groups excluding carboxylic acids is 4. The fraction of sp³-hybridized carbons (Fsp3) is 0.321. The maximum Gasteiger partial charge on any atom is 0.411 e. The molecule has 0 saturated heterocycles. The first-order valence-corrected chi connectivity index (χ1v) is 13.0. The fourth-order valence-electron chi connectivity index (χ4n) is 3.86. The summed E-state index contributed by atoms with van der Waals surface area (Å²) in [5.74, 6) is -1.95. The number of hydrogen-bond acceptors (Lipinski definition) is 8. The minimum absolute atomic E-state index is 0.0454. The van der Waals surface area contributed by atoms with E-state index in [1.807, 2.05) is 0 Å². The van der Waals surface area contributed by atoms with Crippen LogP contribution in [0.15, 0.2) is 62.9 Å². The van der Waals surface area contributed by atoms with Gasteiger partial charge in [-0.1, -0.05) is 31.1 Å². The van der Waals surface area contributed by atoms with Gasteiger partial charge in [0, 0.05) is 33.8 Å². The zero-order valence-electron chi connectivity index (χ0n) is 23.5. The molecule has 0 saturated carbocycles. The Kier molecular flexibility index (Phi) is 10.6. The number of benzene rings is 2. The summed E-state index contributed by atoms with van der Waals surface area (Å²) in [7, 11) is 0. The smallest absolute Gasteiger partial charge is 0.411 e. The Morgan fingerprint density at radius 3 is 2.31 bits per heavy atom. The molecular weight excluding hydrogens is 546 g/mol. The van der Waals surface area contributed by atoms with E-state index < -0.39 is 48.1 Å². The van der Waals surface area contributed by atoms with E-state index in [0.29, 0.717) is 22.5 Å². The highest BCUT2D eigenvalue weighted by molar-refractivity contribution is 5.98. The van der Waals surface area contributed by atoms with Gasteiger partial charge in [0.2, 0.25) is 17.7 Å². The maximum atomic E-state index is 12.7. The Balaban J connectivity index is 1.49. The molecule has 0 aliphatic carbocycles. The van der Waals surface area contributed by atoms with Crippen molar-refractivity contribution in [3.8, 4) is 0 Å². The summed E-state index contributed by atoms with van der Waals surface area (Å²) in [5, 5.41) is 14.3. The van der Waals surface area contributed by atoms with E-state index in [2.05, 4.69) is 31.3 Å².